The van der Waals surface area contributed by atoms with E-state index in [-0.39, 0.29) is 39.7 Å². The number of sulfonamides is 2. The van der Waals surface area contributed by atoms with E-state index >= 15 is 0 Å². The van der Waals surface area contributed by atoms with E-state index in [0.717, 1.165) is 18.4 Å². The van der Waals surface area contributed by atoms with E-state index in [1.807, 2.05) is 13.8 Å². The Morgan fingerprint density at radius 2 is 1.66 bits per heavy atom. The molecule has 2 heterocycles. The van der Waals surface area contributed by atoms with Crippen molar-refractivity contribution in [3.63, 3.8) is 0 Å². The number of aromatic nitrogens is 3. The minimum atomic E-state index is -4.05. The second-order valence-electron chi connectivity index (χ2n) is 10.1. The van der Waals surface area contributed by atoms with Gasteiger partial charge in [0.1, 0.15) is 16.2 Å². The minimum Gasteiger partial charge on any atom is -0.492 e. The van der Waals surface area contributed by atoms with Gasteiger partial charge in [0.05, 0.1) is 28.8 Å². The largest absolute Gasteiger partial charge is 0.492 e. The van der Waals surface area contributed by atoms with Gasteiger partial charge in [-0.1, -0.05) is 12.1 Å². The first-order chi connectivity index (χ1) is 19.3. The predicted molar refractivity (Wildman–Crippen MR) is 153 cm³/mol. The van der Waals surface area contributed by atoms with Crippen molar-refractivity contribution < 1.29 is 26.3 Å². The summed E-state index contributed by atoms with van der Waals surface area (Å²) < 4.78 is 59.3. The summed E-state index contributed by atoms with van der Waals surface area (Å²) in [5, 5.41) is 13.9. The third-order valence-electron chi connectivity index (χ3n) is 6.71. The number of rotatable bonds is 10. The van der Waals surface area contributed by atoms with Crippen molar-refractivity contribution in [3.05, 3.63) is 60.2 Å². The normalized spacial score (nSPS) is 15.3. The van der Waals surface area contributed by atoms with E-state index < -0.39 is 20.0 Å². The number of benzene rings is 2. The highest BCUT2D eigenvalue weighted by atomic mass is 32.2. The van der Waals surface area contributed by atoms with Gasteiger partial charge >= 0.3 is 0 Å². The van der Waals surface area contributed by atoms with Crippen molar-refractivity contribution in [3.8, 4) is 22.9 Å². The first-order valence-corrected chi connectivity index (χ1v) is 15.9. The van der Waals surface area contributed by atoms with Crippen molar-refractivity contribution in [1.29, 1.82) is 0 Å². The minimum absolute atomic E-state index is 0.0226. The second kappa shape index (κ2) is 10.5. The van der Waals surface area contributed by atoms with Gasteiger partial charge in [-0.2, -0.15) is 4.98 Å². The summed E-state index contributed by atoms with van der Waals surface area (Å²) in [4.78, 5) is 13.9. The van der Waals surface area contributed by atoms with Crippen molar-refractivity contribution in [2.75, 3.05) is 11.9 Å². The van der Waals surface area contributed by atoms with Crippen LogP contribution >= 0.6 is 0 Å². The molecule has 1 aliphatic rings. The summed E-state index contributed by atoms with van der Waals surface area (Å²) in [6.45, 7) is 5.90. The molecule has 41 heavy (non-hydrogen) atoms. The molecule has 1 aliphatic carbocycles. The Hall–Kier alpha value is -3.85. The van der Waals surface area contributed by atoms with E-state index in [0.29, 0.717) is 28.2 Å². The number of fused-ring (bicyclic) bond motifs is 1. The molecule has 12 nitrogen and oxygen atoms in total. The molecule has 5 rings (SSSR count). The van der Waals surface area contributed by atoms with Gasteiger partial charge in [0.15, 0.2) is 5.52 Å². The Morgan fingerprint density at radius 1 is 0.951 bits per heavy atom. The van der Waals surface area contributed by atoms with Gasteiger partial charge in [-0.05, 0) is 81.6 Å². The van der Waals surface area contributed by atoms with Crippen LogP contribution in [-0.4, -0.2) is 44.0 Å². The van der Waals surface area contributed by atoms with Crippen LogP contribution in [-0.2, 0) is 20.0 Å². The number of hydrogen-bond acceptors (Lipinski definition) is 10. The molecule has 14 heteroatoms. The van der Waals surface area contributed by atoms with Crippen molar-refractivity contribution in [1.82, 2.24) is 15.0 Å². The number of nitrogens with two attached hydrogens (primary N) is 2. The molecule has 0 unspecified atom stereocenters. The Bertz CT molecular complexity index is 1840. The van der Waals surface area contributed by atoms with Crippen LogP contribution in [0.25, 0.3) is 22.3 Å². The summed E-state index contributed by atoms with van der Waals surface area (Å²) in [6.07, 6.45) is 1.73. The Balaban J connectivity index is 1.52. The lowest BCUT2D eigenvalue weighted by Gasteiger charge is -2.18. The van der Waals surface area contributed by atoms with Gasteiger partial charge in [0.25, 0.3) is 0 Å². The van der Waals surface area contributed by atoms with Gasteiger partial charge in [-0.3, -0.25) is 0 Å². The molecule has 1 fully saturated rings. The van der Waals surface area contributed by atoms with Crippen LogP contribution in [0.2, 0.25) is 0 Å². The molecule has 1 atom stereocenters. The molecule has 0 spiro atoms. The quantitative estimate of drug-likeness (QED) is 0.244. The number of hydrogen-bond donors (Lipinski definition) is 3. The molecule has 2 aromatic carbocycles. The van der Waals surface area contributed by atoms with Crippen LogP contribution in [0, 0.1) is 0 Å². The van der Waals surface area contributed by atoms with E-state index in [9.17, 15) is 16.8 Å². The van der Waals surface area contributed by atoms with E-state index in [1.54, 1.807) is 43.3 Å². The van der Waals surface area contributed by atoms with Crippen LogP contribution in [0.15, 0.2) is 64.4 Å². The second-order valence-corrected chi connectivity index (χ2v) is 13.2. The fraction of sp³-hybridized carbons (Fsp3) is 0.296. The molecular formula is C27H30N6O6S2. The highest BCUT2D eigenvalue weighted by Gasteiger charge is 2.41. The maximum atomic E-state index is 12.2. The first-order valence-electron chi connectivity index (χ1n) is 12.8. The zero-order valence-electron chi connectivity index (χ0n) is 22.7. The highest BCUT2D eigenvalue weighted by molar-refractivity contribution is 7.89. The summed E-state index contributed by atoms with van der Waals surface area (Å²) >= 11 is 0. The zero-order valence-corrected chi connectivity index (χ0v) is 24.3. The van der Waals surface area contributed by atoms with Gasteiger partial charge < -0.3 is 14.8 Å². The molecule has 0 saturated heterocycles. The topological polar surface area (TPSA) is 189 Å². The van der Waals surface area contributed by atoms with Gasteiger partial charge in [-0.15, -0.1) is 0 Å². The molecular weight excluding hydrogens is 568 g/mol. The summed E-state index contributed by atoms with van der Waals surface area (Å²) in [5.74, 6) is 0.748. The van der Waals surface area contributed by atoms with Crippen LogP contribution in [0.1, 0.15) is 45.2 Å². The molecule has 0 amide bonds. The number of nitrogens with one attached hydrogen (secondary N) is 1. The Kier molecular flexibility index (Phi) is 7.36. The average Bonchev–Trinajstić information content (AvgIpc) is 3.64. The number of ether oxygens (including phenoxy) is 2. The Labute approximate surface area is 238 Å². The maximum Gasteiger partial charge on any atom is 0.246 e. The third kappa shape index (κ3) is 6.40. The van der Waals surface area contributed by atoms with Crippen molar-refractivity contribution in [2.24, 2.45) is 10.3 Å². The average molecular weight is 599 g/mol. The number of nitrogens with zero attached hydrogens (tertiary/aromatic N) is 3. The monoisotopic (exact) mass is 598 g/mol. The summed E-state index contributed by atoms with van der Waals surface area (Å²) in [6, 6.07) is 14.1. The molecule has 2 aromatic heterocycles. The zero-order chi connectivity index (χ0) is 29.6. The predicted octanol–water partition coefficient (Wildman–Crippen LogP) is 3.49. The van der Waals surface area contributed by atoms with E-state index in [2.05, 4.69) is 15.3 Å². The third-order valence-corrected chi connectivity index (χ3v) is 8.57. The SMILES string of the molecule is CCOc1ccc(-c2ccc3nc(N[C@H](C)c4ccc(S(N)(=O)=O)cc4)nc(OC4(C)CC4)c3n2)cc1S(N)(=O)=O. The van der Waals surface area contributed by atoms with E-state index in [4.69, 9.17) is 24.7 Å². The standard InChI is InChI=1S/C27H30N6O6S2/c1-4-38-22-12-7-18(15-23(22)41(29,36)37)20-10-11-21-24(31-20)25(39-27(3)13-14-27)33-26(32-21)30-16(2)17-5-8-19(9-6-17)40(28,34)35/h5-12,15-16H,4,13-14H2,1-3H3,(H2,28,34,35)(H2,29,36,37)(H,30,32,33)/t16-/m1/s1. The first kappa shape index (κ1) is 28.7. The summed E-state index contributed by atoms with van der Waals surface area (Å²) in [5.41, 5.74) is 2.35. The molecule has 4 aromatic rings. The van der Waals surface area contributed by atoms with Crippen molar-refractivity contribution in [2.45, 2.75) is 55.0 Å². The lowest BCUT2D eigenvalue weighted by Crippen LogP contribution is -2.16. The number of anilines is 1. The maximum absolute atomic E-state index is 12.2. The van der Waals surface area contributed by atoms with Crippen LogP contribution in [0.5, 0.6) is 11.6 Å². The van der Waals surface area contributed by atoms with Crippen LogP contribution in [0.4, 0.5) is 5.95 Å². The lowest BCUT2D eigenvalue weighted by atomic mass is 10.1. The number of pyridine rings is 1. The van der Waals surface area contributed by atoms with Crippen LogP contribution in [0.3, 0.4) is 0 Å². The molecule has 0 bridgehead atoms. The van der Waals surface area contributed by atoms with Gasteiger partial charge in [-0.25, -0.2) is 37.1 Å². The molecule has 216 valence electrons. The van der Waals surface area contributed by atoms with E-state index in [1.165, 1.54) is 18.2 Å². The summed E-state index contributed by atoms with van der Waals surface area (Å²) in [7, 11) is -7.84. The van der Waals surface area contributed by atoms with Crippen molar-refractivity contribution >= 4 is 37.0 Å². The van der Waals surface area contributed by atoms with Gasteiger partial charge in [0.2, 0.25) is 31.9 Å². The molecule has 0 radical (unpaired) electrons. The molecule has 0 aliphatic heterocycles. The smallest absolute Gasteiger partial charge is 0.246 e. The fourth-order valence-corrected chi connectivity index (χ4v) is 5.40. The molecule has 5 N–H and O–H groups in total. The van der Waals surface area contributed by atoms with Crippen LogP contribution < -0.4 is 25.1 Å². The lowest BCUT2D eigenvalue weighted by molar-refractivity contribution is 0.194. The molecule has 1 saturated carbocycles. The number of primary sulfonamides is 2. The fourth-order valence-electron chi connectivity index (χ4n) is 4.18. The Morgan fingerprint density at radius 3 is 2.27 bits per heavy atom. The van der Waals surface area contributed by atoms with Gasteiger partial charge in [0, 0.05) is 5.56 Å². The highest BCUT2D eigenvalue weighted by Crippen LogP contribution is 2.41.